The average Bonchev–Trinajstić information content (AvgIpc) is 2.87. The van der Waals surface area contributed by atoms with Crippen LogP contribution in [0.4, 0.5) is 11.6 Å². The molecule has 0 unspecified atom stereocenters. The van der Waals surface area contributed by atoms with Gasteiger partial charge in [-0.15, -0.1) is 0 Å². The Bertz CT molecular complexity index is 1330. The molecule has 0 fully saturated rings. The Morgan fingerprint density at radius 1 is 1.08 bits per heavy atom. The van der Waals surface area contributed by atoms with Gasteiger partial charge in [-0.2, -0.15) is 8.42 Å². The van der Waals surface area contributed by atoms with Gasteiger partial charge in [-0.25, -0.2) is 9.97 Å². The highest BCUT2D eigenvalue weighted by molar-refractivity contribution is 7.92. The molecule has 0 aliphatic carbocycles. The fourth-order valence-electron chi connectivity index (χ4n) is 3.80. The molecular formula is C26H32ClN5O4S. The van der Waals surface area contributed by atoms with Gasteiger partial charge in [-0.3, -0.25) is 14.5 Å². The summed E-state index contributed by atoms with van der Waals surface area (Å²) >= 11 is 6.43. The fraction of sp³-hybridized carbons (Fsp3) is 0.385. The standard InChI is InChI=1S/C26H32ClN5O4S/c1-4-5-16-32(17-8-12-24(33)34)22-10-6-11-23(30-22)37(35,36)31-21-14-13-20(27)26(29-21)19-9-7-15-28-25(19)18(2)3/h6-7,9-11,13-15,18H,4-5,8,12,16-17H2,1-3H3,(H,29,31)(H,33,34). The van der Waals surface area contributed by atoms with Crippen molar-refractivity contribution in [2.75, 3.05) is 22.7 Å². The summed E-state index contributed by atoms with van der Waals surface area (Å²) in [5, 5.41) is 9.20. The molecule has 2 N–H and O–H groups in total. The minimum atomic E-state index is -4.07. The number of hydrogen-bond acceptors (Lipinski definition) is 7. The molecule has 0 bridgehead atoms. The van der Waals surface area contributed by atoms with Crippen molar-refractivity contribution in [3.63, 3.8) is 0 Å². The van der Waals surface area contributed by atoms with Crippen LogP contribution in [-0.4, -0.2) is 47.5 Å². The van der Waals surface area contributed by atoms with Gasteiger partial charge < -0.3 is 10.0 Å². The second-order valence-corrected chi connectivity index (χ2v) is 10.9. The van der Waals surface area contributed by atoms with E-state index >= 15 is 0 Å². The fourth-order valence-corrected chi connectivity index (χ4v) is 4.97. The van der Waals surface area contributed by atoms with E-state index in [1.807, 2.05) is 24.8 Å². The lowest BCUT2D eigenvalue weighted by Crippen LogP contribution is -2.28. The van der Waals surface area contributed by atoms with Gasteiger partial charge in [-0.05, 0) is 55.2 Å². The minimum Gasteiger partial charge on any atom is -0.481 e. The molecule has 0 aliphatic rings. The normalized spacial score (nSPS) is 11.5. The van der Waals surface area contributed by atoms with Gasteiger partial charge in [0.25, 0.3) is 10.0 Å². The van der Waals surface area contributed by atoms with Crippen molar-refractivity contribution in [1.82, 2.24) is 15.0 Å². The number of nitrogens with zero attached hydrogens (tertiary/aromatic N) is 4. The first-order valence-corrected chi connectivity index (χ1v) is 14.1. The Morgan fingerprint density at radius 2 is 1.84 bits per heavy atom. The summed E-state index contributed by atoms with van der Waals surface area (Å²) in [6.07, 6.45) is 3.97. The van der Waals surface area contributed by atoms with E-state index < -0.39 is 16.0 Å². The van der Waals surface area contributed by atoms with Gasteiger partial charge in [0.15, 0.2) is 5.03 Å². The third-order valence-corrected chi connectivity index (χ3v) is 7.19. The minimum absolute atomic E-state index is 0.0300. The van der Waals surface area contributed by atoms with Crippen LogP contribution in [-0.2, 0) is 14.8 Å². The molecular weight excluding hydrogens is 514 g/mol. The lowest BCUT2D eigenvalue weighted by Gasteiger charge is -2.24. The Kier molecular flexibility index (Phi) is 9.82. The number of unbranched alkanes of at least 4 members (excludes halogenated alkanes) is 1. The topological polar surface area (TPSA) is 125 Å². The second-order valence-electron chi connectivity index (χ2n) is 8.90. The van der Waals surface area contributed by atoms with E-state index in [0.717, 1.165) is 24.1 Å². The molecule has 198 valence electrons. The van der Waals surface area contributed by atoms with Crippen molar-refractivity contribution < 1.29 is 18.3 Å². The molecule has 11 heteroatoms. The first kappa shape index (κ1) is 28.3. The Balaban J connectivity index is 1.89. The number of aromatic nitrogens is 3. The van der Waals surface area contributed by atoms with Gasteiger partial charge in [0.05, 0.1) is 16.4 Å². The van der Waals surface area contributed by atoms with E-state index in [0.29, 0.717) is 36.0 Å². The molecule has 0 radical (unpaired) electrons. The number of anilines is 2. The number of hydrogen-bond donors (Lipinski definition) is 2. The van der Waals surface area contributed by atoms with Crippen LogP contribution >= 0.6 is 11.6 Å². The highest BCUT2D eigenvalue weighted by Crippen LogP contribution is 2.32. The van der Waals surface area contributed by atoms with Crippen molar-refractivity contribution in [3.05, 3.63) is 59.4 Å². The molecule has 0 atom stereocenters. The highest BCUT2D eigenvalue weighted by atomic mass is 35.5. The molecule has 0 aliphatic heterocycles. The quantitative estimate of drug-likeness (QED) is 0.285. The summed E-state index contributed by atoms with van der Waals surface area (Å²) in [5.41, 5.74) is 1.97. The zero-order valence-electron chi connectivity index (χ0n) is 21.2. The summed E-state index contributed by atoms with van der Waals surface area (Å²) < 4.78 is 29.0. The Morgan fingerprint density at radius 3 is 2.54 bits per heavy atom. The summed E-state index contributed by atoms with van der Waals surface area (Å²) in [6.45, 7) is 7.18. The highest BCUT2D eigenvalue weighted by Gasteiger charge is 2.21. The van der Waals surface area contributed by atoms with E-state index in [1.54, 1.807) is 30.5 Å². The molecule has 3 aromatic rings. The van der Waals surface area contributed by atoms with Crippen LogP contribution in [0.15, 0.2) is 53.7 Å². The monoisotopic (exact) mass is 545 g/mol. The zero-order valence-corrected chi connectivity index (χ0v) is 22.8. The summed E-state index contributed by atoms with van der Waals surface area (Å²) in [4.78, 5) is 26.2. The first-order chi connectivity index (χ1) is 17.6. The van der Waals surface area contributed by atoms with E-state index in [9.17, 15) is 13.2 Å². The van der Waals surface area contributed by atoms with Crippen LogP contribution in [0.1, 0.15) is 58.1 Å². The van der Waals surface area contributed by atoms with Crippen LogP contribution in [0.25, 0.3) is 11.3 Å². The van der Waals surface area contributed by atoms with Crippen LogP contribution in [0.5, 0.6) is 0 Å². The largest absolute Gasteiger partial charge is 0.481 e. The molecule has 3 heterocycles. The SMILES string of the molecule is CCCCN(CCCC(=O)O)c1cccc(S(=O)(=O)Nc2ccc(Cl)c(-c3cccnc3C(C)C)n2)n1. The molecule has 0 spiro atoms. The molecule has 0 saturated carbocycles. The number of carboxylic acid groups (broad SMARTS) is 1. The van der Waals surface area contributed by atoms with Gasteiger partial charge in [0.2, 0.25) is 0 Å². The summed E-state index contributed by atoms with van der Waals surface area (Å²) in [7, 11) is -4.07. The van der Waals surface area contributed by atoms with E-state index in [4.69, 9.17) is 16.7 Å². The summed E-state index contributed by atoms with van der Waals surface area (Å²) in [6, 6.07) is 11.5. The predicted molar refractivity (Wildman–Crippen MR) is 146 cm³/mol. The summed E-state index contributed by atoms with van der Waals surface area (Å²) in [5.74, 6) is -0.170. The van der Waals surface area contributed by atoms with Gasteiger partial charge in [0, 0.05) is 31.3 Å². The molecule has 0 aromatic carbocycles. The average molecular weight is 546 g/mol. The number of rotatable bonds is 13. The molecule has 0 saturated heterocycles. The third-order valence-electron chi connectivity index (χ3n) is 5.63. The maximum absolute atomic E-state index is 13.2. The van der Waals surface area contributed by atoms with Gasteiger partial charge >= 0.3 is 5.97 Å². The van der Waals surface area contributed by atoms with Crippen LogP contribution < -0.4 is 9.62 Å². The zero-order chi connectivity index (χ0) is 27.0. The number of halogens is 1. The lowest BCUT2D eigenvalue weighted by molar-refractivity contribution is -0.137. The first-order valence-electron chi connectivity index (χ1n) is 12.2. The van der Waals surface area contributed by atoms with Gasteiger partial charge in [-0.1, -0.05) is 44.9 Å². The van der Waals surface area contributed by atoms with Crippen molar-refractivity contribution >= 4 is 39.2 Å². The van der Waals surface area contributed by atoms with Crippen molar-refractivity contribution in [3.8, 4) is 11.3 Å². The van der Waals surface area contributed by atoms with Gasteiger partial charge in [0.1, 0.15) is 11.6 Å². The van der Waals surface area contributed by atoms with Crippen LogP contribution in [0.2, 0.25) is 5.02 Å². The number of carboxylic acids is 1. The number of nitrogens with one attached hydrogen (secondary N) is 1. The predicted octanol–water partition coefficient (Wildman–Crippen LogP) is 5.59. The molecule has 3 rings (SSSR count). The maximum atomic E-state index is 13.2. The van der Waals surface area contributed by atoms with Crippen molar-refractivity contribution in [2.45, 2.75) is 57.4 Å². The van der Waals surface area contributed by atoms with E-state index in [2.05, 4.69) is 26.6 Å². The smallest absolute Gasteiger partial charge is 0.303 e. The molecule has 37 heavy (non-hydrogen) atoms. The molecule has 9 nitrogen and oxygen atoms in total. The lowest BCUT2D eigenvalue weighted by atomic mass is 10.0. The van der Waals surface area contributed by atoms with Crippen molar-refractivity contribution in [1.29, 1.82) is 0 Å². The Labute approximate surface area is 223 Å². The Hall–Kier alpha value is -3.24. The third kappa shape index (κ3) is 7.62. The van der Waals surface area contributed by atoms with Crippen LogP contribution in [0.3, 0.4) is 0 Å². The molecule has 3 aromatic heterocycles. The second kappa shape index (κ2) is 12.8. The van der Waals surface area contributed by atoms with Crippen molar-refractivity contribution in [2.24, 2.45) is 0 Å². The number of carbonyl (C=O) groups is 1. The molecule has 0 amide bonds. The van der Waals surface area contributed by atoms with E-state index in [-0.39, 0.29) is 23.2 Å². The number of pyridine rings is 3. The maximum Gasteiger partial charge on any atom is 0.303 e. The number of sulfonamides is 1. The number of aliphatic carboxylic acids is 1. The van der Waals surface area contributed by atoms with E-state index in [1.165, 1.54) is 12.1 Å². The van der Waals surface area contributed by atoms with Crippen LogP contribution in [0, 0.1) is 0 Å².